The average molecular weight is 283 g/mol. The number of halogens is 3. The minimum atomic E-state index is -1.02. The Morgan fingerprint density at radius 1 is 1.32 bits per heavy atom. The summed E-state index contributed by atoms with van der Waals surface area (Å²) in [6.45, 7) is 0. The lowest BCUT2D eigenvalue weighted by Crippen LogP contribution is -2.16. The van der Waals surface area contributed by atoms with E-state index >= 15 is 0 Å². The number of benzene rings is 1. The number of anilines is 1. The van der Waals surface area contributed by atoms with E-state index in [0.29, 0.717) is 5.02 Å². The molecule has 0 saturated carbocycles. The van der Waals surface area contributed by atoms with Gasteiger partial charge in [0.1, 0.15) is 5.82 Å². The van der Waals surface area contributed by atoms with Crippen LogP contribution in [0.4, 0.5) is 14.6 Å². The van der Waals surface area contributed by atoms with Gasteiger partial charge in [0.05, 0.1) is 6.42 Å². The Kier molecular flexibility index (Phi) is 4.06. The Morgan fingerprint density at radius 2 is 2.11 bits per heavy atom. The van der Waals surface area contributed by atoms with Crippen molar-refractivity contribution in [1.29, 1.82) is 0 Å². The van der Waals surface area contributed by atoms with E-state index in [1.54, 1.807) is 6.07 Å². The van der Waals surface area contributed by atoms with Crippen LogP contribution in [0.5, 0.6) is 0 Å². The van der Waals surface area contributed by atoms with Crippen LogP contribution in [-0.2, 0) is 11.2 Å². The van der Waals surface area contributed by atoms with Crippen molar-refractivity contribution in [1.82, 2.24) is 4.98 Å². The minimum Gasteiger partial charge on any atom is -0.310 e. The fourth-order valence-electron chi connectivity index (χ4n) is 1.52. The molecule has 0 bridgehead atoms. The molecule has 0 aliphatic heterocycles. The number of nitrogens with one attached hydrogen (secondary N) is 1. The molecule has 1 amide bonds. The molecule has 1 heterocycles. The van der Waals surface area contributed by atoms with Crippen molar-refractivity contribution in [3.63, 3.8) is 0 Å². The van der Waals surface area contributed by atoms with Gasteiger partial charge >= 0.3 is 0 Å². The molecule has 1 aromatic heterocycles. The molecule has 0 unspecified atom stereocenters. The predicted octanol–water partition coefficient (Wildman–Crippen LogP) is 3.19. The van der Waals surface area contributed by atoms with Gasteiger partial charge in [-0.3, -0.25) is 4.79 Å². The van der Waals surface area contributed by atoms with E-state index in [0.717, 1.165) is 6.07 Å². The molecule has 3 nitrogen and oxygen atoms in total. The SMILES string of the molecule is O=C(Cc1cccc(F)c1F)Nc1cc(Cl)ccn1. The van der Waals surface area contributed by atoms with Gasteiger partial charge in [-0.05, 0) is 18.2 Å². The van der Waals surface area contributed by atoms with Crippen LogP contribution >= 0.6 is 11.6 Å². The molecule has 0 aliphatic rings. The van der Waals surface area contributed by atoms with Crippen LogP contribution in [0.15, 0.2) is 36.5 Å². The van der Waals surface area contributed by atoms with Gasteiger partial charge in [-0.25, -0.2) is 13.8 Å². The van der Waals surface area contributed by atoms with E-state index in [4.69, 9.17) is 11.6 Å². The number of hydrogen-bond donors (Lipinski definition) is 1. The molecule has 0 radical (unpaired) electrons. The summed E-state index contributed by atoms with van der Waals surface area (Å²) in [5, 5.41) is 2.87. The van der Waals surface area contributed by atoms with Gasteiger partial charge in [0.15, 0.2) is 11.6 Å². The topological polar surface area (TPSA) is 42.0 Å². The standard InChI is InChI=1S/C13H9ClF2N2O/c14-9-4-5-17-11(7-9)18-12(19)6-8-2-1-3-10(15)13(8)16/h1-5,7H,6H2,(H,17,18,19). The summed E-state index contributed by atoms with van der Waals surface area (Å²) in [4.78, 5) is 15.6. The van der Waals surface area contributed by atoms with Gasteiger partial charge in [0.2, 0.25) is 5.91 Å². The molecule has 1 N–H and O–H groups in total. The fraction of sp³-hybridized carbons (Fsp3) is 0.0769. The van der Waals surface area contributed by atoms with E-state index < -0.39 is 17.5 Å². The molecular weight excluding hydrogens is 274 g/mol. The monoisotopic (exact) mass is 282 g/mol. The first-order valence-electron chi connectivity index (χ1n) is 5.40. The predicted molar refractivity (Wildman–Crippen MR) is 67.9 cm³/mol. The molecule has 2 rings (SSSR count). The number of rotatable bonds is 3. The summed E-state index contributed by atoms with van der Waals surface area (Å²) in [6, 6.07) is 6.71. The second-order valence-electron chi connectivity index (χ2n) is 3.80. The quantitative estimate of drug-likeness (QED) is 0.939. The van der Waals surface area contributed by atoms with Gasteiger partial charge in [-0.1, -0.05) is 23.7 Å². The first-order chi connectivity index (χ1) is 9.06. The van der Waals surface area contributed by atoms with E-state index in [1.165, 1.54) is 24.4 Å². The summed E-state index contributed by atoms with van der Waals surface area (Å²) in [7, 11) is 0. The molecule has 0 aliphatic carbocycles. The lowest BCUT2D eigenvalue weighted by molar-refractivity contribution is -0.115. The van der Waals surface area contributed by atoms with Crippen LogP contribution in [0, 0.1) is 11.6 Å². The molecule has 2 aromatic rings. The van der Waals surface area contributed by atoms with Gasteiger partial charge in [0.25, 0.3) is 0 Å². The number of carbonyl (C=O) groups is 1. The van der Waals surface area contributed by atoms with Crippen molar-refractivity contribution < 1.29 is 13.6 Å². The van der Waals surface area contributed by atoms with Gasteiger partial charge < -0.3 is 5.32 Å². The zero-order valence-corrected chi connectivity index (χ0v) is 10.4. The van der Waals surface area contributed by atoms with Crippen molar-refractivity contribution in [2.75, 3.05) is 5.32 Å². The molecule has 98 valence electrons. The highest BCUT2D eigenvalue weighted by Crippen LogP contribution is 2.14. The van der Waals surface area contributed by atoms with Gasteiger partial charge in [-0.2, -0.15) is 0 Å². The first kappa shape index (κ1) is 13.4. The lowest BCUT2D eigenvalue weighted by Gasteiger charge is -2.06. The second-order valence-corrected chi connectivity index (χ2v) is 4.23. The summed E-state index contributed by atoms with van der Waals surface area (Å²) >= 11 is 5.73. The molecule has 6 heteroatoms. The second kappa shape index (κ2) is 5.75. The maximum Gasteiger partial charge on any atom is 0.230 e. The smallest absolute Gasteiger partial charge is 0.230 e. The Balaban J connectivity index is 2.08. The highest BCUT2D eigenvalue weighted by molar-refractivity contribution is 6.30. The normalized spacial score (nSPS) is 10.3. The van der Waals surface area contributed by atoms with Crippen LogP contribution in [0.2, 0.25) is 5.02 Å². The molecule has 0 saturated heterocycles. The van der Waals surface area contributed by atoms with Gasteiger partial charge in [0, 0.05) is 16.8 Å². The largest absolute Gasteiger partial charge is 0.310 e. The minimum absolute atomic E-state index is 0.0143. The van der Waals surface area contributed by atoms with E-state index in [2.05, 4.69) is 10.3 Å². The van der Waals surface area contributed by atoms with Crippen molar-refractivity contribution >= 4 is 23.3 Å². The number of hydrogen-bond acceptors (Lipinski definition) is 2. The summed E-state index contributed by atoms with van der Waals surface area (Å²) in [6.07, 6.45) is 1.15. The zero-order valence-electron chi connectivity index (χ0n) is 9.66. The van der Waals surface area contributed by atoms with Crippen LogP contribution in [0.1, 0.15) is 5.56 Å². The number of pyridine rings is 1. The van der Waals surface area contributed by atoms with Crippen molar-refractivity contribution in [2.24, 2.45) is 0 Å². The Hall–Kier alpha value is -2.01. The summed E-state index contributed by atoms with van der Waals surface area (Å²) in [5.41, 5.74) is -0.0143. The Bertz CT molecular complexity index is 619. The molecule has 19 heavy (non-hydrogen) atoms. The molecule has 0 fully saturated rings. The lowest BCUT2D eigenvalue weighted by atomic mass is 10.1. The third kappa shape index (κ3) is 3.48. The number of aromatic nitrogens is 1. The van der Waals surface area contributed by atoms with E-state index in [1.807, 2.05) is 0 Å². The molecule has 1 aromatic carbocycles. The highest BCUT2D eigenvalue weighted by atomic mass is 35.5. The average Bonchev–Trinajstić information content (AvgIpc) is 2.35. The van der Waals surface area contributed by atoms with Crippen molar-refractivity contribution in [2.45, 2.75) is 6.42 Å². The highest BCUT2D eigenvalue weighted by Gasteiger charge is 2.12. The van der Waals surface area contributed by atoms with Crippen molar-refractivity contribution in [3.05, 3.63) is 58.7 Å². The van der Waals surface area contributed by atoms with Crippen LogP contribution in [-0.4, -0.2) is 10.9 Å². The third-order valence-corrected chi connectivity index (χ3v) is 2.61. The van der Waals surface area contributed by atoms with Crippen LogP contribution in [0.3, 0.4) is 0 Å². The zero-order chi connectivity index (χ0) is 13.8. The van der Waals surface area contributed by atoms with E-state index in [-0.39, 0.29) is 17.8 Å². The van der Waals surface area contributed by atoms with E-state index in [9.17, 15) is 13.6 Å². The van der Waals surface area contributed by atoms with Crippen LogP contribution < -0.4 is 5.32 Å². The maximum absolute atomic E-state index is 13.4. The van der Waals surface area contributed by atoms with Crippen molar-refractivity contribution in [3.8, 4) is 0 Å². The number of nitrogens with zero attached hydrogens (tertiary/aromatic N) is 1. The first-order valence-corrected chi connectivity index (χ1v) is 5.78. The molecular formula is C13H9ClF2N2O. The van der Waals surface area contributed by atoms with Crippen LogP contribution in [0.25, 0.3) is 0 Å². The summed E-state index contributed by atoms with van der Waals surface area (Å²) < 4.78 is 26.3. The fourth-order valence-corrected chi connectivity index (χ4v) is 1.68. The summed E-state index contributed by atoms with van der Waals surface area (Å²) in [5.74, 6) is -2.24. The Labute approximate surface area is 113 Å². The number of carbonyl (C=O) groups excluding carboxylic acids is 1. The maximum atomic E-state index is 13.4. The number of amides is 1. The third-order valence-electron chi connectivity index (χ3n) is 2.37. The molecule has 0 atom stereocenters. The van der Waals surface area contributed by atoms with Gasteiger partial charge in [-0.15, -0.1) is 0 Å². The molecule has 0 spiro atoms. The Morgan fingerprint density at radius 3 is 2.84 bits per heavy atom.